The minimum Gasteiger partial charge on any atom is -0.461 e. The highest BCUT2D eigenvalue weighted by Gasteiger charge is 2.24. The predicted molar refractivity (Wildman–Crippen MR) is 146 cm³/mol. The number of alkyl halides is 6. The fourth-order valence-corrected chi connectivity index (χ4v) is 2.83. The standard InChI is InChI=1S/C18H21Br6NO12/c19-13(20)16(29)35-4-1-32-10(26)7-25(8-11(27)33-2-5-36-17(30)14(21)22)9-12(28)34-3-6-37-18(31)15(23)24/h13-15H,1-9H2/p+1. The van der Waals surface area contributed by atoms with Crippen LogP contribution in [-0.4, -0.2) is 106 Å². The average molecular weight is 924 g/mol. The molecule has 0 aromatic rings. The van der Waals surface area contributed by atoms with E-state index in [2.05, 4.69) is 95.6 Å². The first-order valence-electron chi connectivity index (χ1n) is 9.98. The zero-order valence-corrected chi connectivity index (χ0v) is 28.3. The zero-order valence-electron chi connectivity index (χ0n) is 18.8. The molecule has 37 heavy (non-hydrogen) atoms. The van der Waals surface area contributed by atoms with Gasteiger partial charge in [-0.15, -0.1) is 0 Å². The number of quaternary nitrogens is 1. The van der Waals surface area contributed by atoms with Crippen molar-refractivity contribution in [3.05, 3.63) is 0 Å². The van der Waals surface area contributed by atoms with Crippen LogP contribution in [0.3, 0.4) is 0 Å². The number of ether oxygens (including phenoxy) is 6. The molecule has 0 aliphatic heterocycles. The van der Waals surface area contributed by atoms with Gasteiger partial charge in [-0.3, -0.25) is 0 Å². The van der Waals surface area contributed by atoms with Crippen molar-refractivity contribution in [1.82, 2.24) is 0 Å². The van der Waals surface area contributed by atoms with Crippen molar-refractivity contribution >= 4 is 131 Å². The maximum Gasteiger partial charge on any atom is 0.361 e. The molecule has 0 spiro atoms. The van der Waals surface area contributed by atoms with Crippen LogP contribution in [0.2, 0.25) is 0 Å². The molecule has 0 fully saturated rings. The third-order valence-electron chi connectivity index (χ3n) is 3.49. The van der Waals surface area contributed by atoms with Crippen LogP contribution in [0.15, 0.2) is 0 Å². The molecular weight excluding hydrogens is 902 g/mol. The number of hydrogen-bond donors (Lipinski definition) is 1. The Labute approximate surface area is 262 Å². The Morgan fingerprint density at radius 2 is 0.649 bits per heavy atom. The van der Waals surface area contributed by atoms with Crippen LogP contribution >= 0.6 is 95.6 Å². The molecule has 0 heterocycles. The Balaban J connectivity index is 4.72. The van der Waals surface area contributed by atoms with E-state index in [0.29, 0.717) is 0 Å². The predicted octanol–water partition coefficient (Wildman–Crippen LogP) is 0.478. The molecule has 212 valence electrons. The fourth-order valence-electron chi connectivity index (χ4n) is 2.04. The molecule has 0 radical (unpaired) electrons. The van der Waals surface area contributed by atoms with Crippen LogP contribution in [0.4, 0.5) is 0 Å². The molecule has 13 nitrogen and oxygen atoms in total. The van der Waals surface area contributed by atoms with Gasteiger partial charge in [-0.2, -0.15) is 0 Å². The van der Waals surface area contributed by atoms with Crippen molar-refractivity contribution in [3.8, 4) is 0 Å². The lowest BCUT2D eigenvalue weighted by Crippen LogP contribution is -3.14. The van der Waals surface area contributed by atoms with E-state index >= 15 is 0 Å². The van der Waals surface area contributed by atoms with E-state index in [1.807, 2.05) is 0 Å². The smallest absolute Gasteiger partial charge is 0.361 e. The summed E-state index contributed by atoms with van der Waals surface area (Å²) in [6.07, 6.45) is 0. The highest BCUT2D eigenvalue weighted by atomic mass is 79.9. The largest absolute Gasteiger partial charge is 0.461 e. The molecule has 0 aromatic carbocycles. The number of nitrogens with one attached hydrogen (secondary N) is 1. The summed E-state index contributed by atoms with van der Waals surface area (Å²) in [5, 5.41) is 0. The van der Waals surface area contributed by atoms with Gasteiger partial charge in [0.2, 0.25) is 0 Å². The molecule has 0 amide bonds. The second-order valence-corrected chi connectivity index (χ2v) is 15.5. The summed E-state index contributed by atoms with van der Waals surface area (Å²) in [6, 6.07) is 0. The molecule has 19 heteroatoms. The van der Waals surface area contributed by atoms with E-state index < -0.39 is 66.7 Å². The summed E-state index contributed by atoms with van der Waals surface area (Å²) in [7, 11) is 0. The van der Waals surface area contributed by atoms with Gasteiger partial charge in [0.15, 0.2) is 30.8 Å². The monoisotopic (exact) mass is 918 g/mol. The Morgan fingerprint density at radius 3 is 0.865 bits per heavy atom. The highest BCUT2D eigenvalue weighted by molar-refractivity contribution is 9.25. The van der Waals surface area contributed by atoms with Gasteiger partial charge in [-0.05, 0) is 0 Å². The van der Waals surface area contributed by atoms with Gasteiger partial charge in [-0.1, -0.05) is 95.6 Å². The summed E-state index contributed by atoms with van der Waals surface area (Å²) in [6.45, 7) is -2.64. The normalized spacial score (nSPS) is 10.9. The number of halogens is 6. The van der Waals surface area contributed by atoms with Gasteiger partial charge in [0.25, 0.3) is 0 Å². The number of esters is 6. The Hall–Kier alpha value is -0.340. The van der Waals surface area contributed by atoms with Crippen molar-refractivity contribution in [3.63, 3.8) is 0 Å². The summed E-state index contributed by atoms with van der Waals surface area (Å²) >= 11 is 17.7. The minimum atomic E-state index is -0.787. The van der Waals surface area contributed by atoms with Crippen molar-refractivity contribution in [1.29, 1.82) is 0 Å². The second kappa shape index (κ2) is 21.5. The average Bonchev–Trinajstić information content (AvgIpc) is 2.81. The van der Waals surface area contributed by atoms with Crippen molar-refractivity contribution in [2.24, 2.45) is 0 Å². The number of carbonyl (C=O) groups excluding carboxylic acids is 6. The molecule has 0 saturated carbocycles. The topological polar surface area (TPSA) is 162 Å². The summed E-state index contributed by atoms with van der Waals surface area (Å²) in [5.41, 5.74) is 0. The Bertz CT molecular complexity index is 682. The molecular formula is C18H22Br6NO12+. The van der Waals surface area contributed by atoms with Crippen LogP contribution in [-0.2, 0) is 57.2 Å². The fraction of sp³-hybridized carbons (Fsp3) is 0.667. The SMILES string of the molecule is O=C(C[NH+](CC(=O)OCCOC(=O)C(Br)Br)CC(=O)OCCOC(=O)C(Br)Br)OCCOC(=O)C(Br)Br. The first-order valence-corrected chi connectivity index (χ1v) is 15.5. The summed E-state index contributed by atoms with van der Waals surface area (Å²) in [4.78, 5) is 70.6. The Kier molecular flexibility index (Phi) is 21.3. The lowest BCUT2D eigenvalue weighted by molar-refractivity contribution is -0.877. The molecule has 1 N–H and O–H groups in total. The second-order valence-electron chi connectivity index (χ2n) is 6.35. The third kappa shape index (κ3) is 20.3. The van der Waals surface area contributed by atoms with Crippen molar-refractivity contribution in [2.75, 3.05) is 59.3 Å². The maximum absolute atomic E-state index is 12.2. The van der Waals surface area contributed by atoms with E-state index in [1.165, 1.54) is 0 Å². The van der Waals surface area contributed by atoms with Crippen LogP contribution in [0.5, 0.6) is 0 Å². The van der Waals surface area contributed by atoms with Crippen molar-refractivity contribution < 1.29 is 62.1 Å². The molecule has 0 bridgehead atoms. The van der Waals surface area contributed by atoms with Gasteiger partial charge < -0.3 is 33.3 Å². The van der Waals surface area contributed by atoms with Crippen LogP contribution < -0.4 is 4.90 Å². The summed E-state index contributed by atoms with van der Waals surface area (Å²) < 4.78 is 27.2. The number of rotatable bonds is 18. The quantitative estimate of drug-likeness (QED) is 0.0879. The van der Waals surface area contributed by atoms with Gasteiger partial charge in [0, 0.05) is 0 Å². The van der Waals surface area contributed by atoms with Crippen LogP contribution in [0, 0.1) is 0 Å². The van der Waals surface area contributed by atoms with Gasteiger partial charge >= 0.3 is 35.8 Å². The van der Waals surface area contributed by atoms with Crippen molar-refractivity contribution in [2.45, 2.75) is 11.2 Å². The first kappa shape index (κ1) is 36.7. The maximum atomic E-state index is 12.2. The third-order valence-corrected chi connectivity index (χ3v) is 5.73. The van der Waals surface area contributed by atoms with Gasteiger partial charge in [-0.25, -0.2) is 28.8 Å². The Morgan fingerprint density at radius 1 is 0.432 bits per heavy atom. The van der Waals surface area contributed by atoms with E-state index in [0.717, 1.165) is 0 Å². The minimum absolute atomic E-state index is 0.119. The van der Waals surface area contributed by atoms with E-state index in [9.17, 15) is 28.8 Å². The van der Waals surface area contributed by atoms with Gasteiger partial charge in [0.1, 0.15) is 39.6 Å². The lowest BCUT2D eigenvalue weighted by Gasteiger charge is -2.17. The molecule has 0 saturated heterocycles. The van der Waals surface area contributed by atoms with Crippen LogP contribution in [0.25, 0.3) is 0 Å². The number of carbonyl (C=O) groups is 6. The highest BCUT2D eigenvalue weighted by Crippen LogP contribution is 2.10. The summed E-state index contributed by atoms with van der Waals surface area (Å²) in [5.74, 6) is -4.21. The zero-order chi connectivity index (χ0) is 28.4. The van der Waals surface area contributed by atoms with E-state index in [4.69, 9.17) is 28.4 Å². The van der Waals surface area contributed by atoms with Gasteiger partial charge in [0.05, 0.1) is 0 Å². The first-order chi connectivity index (χ1) is 17.3. The van der Waals surface area contributed by atoms with Crippen LogP contribution in [0.1, 0.15) is 0 Å². The molecule has 0 atom stereocenters. The lowest BCUT2D eigenvalue weighted by atomic mass is 10.4. The molecule has 0 aromatic heterocycles. The molecule has 0 aliphatic carbocycles. The molecule has 0 aliphatic rings. The van der Waals surface area contributed by atoms with E-state index in [1.54, 1.807) is 0 Å². The molecule has 0 unspecified atom stereocenters. The number of hydrogen-bond acceptors (Lipinski definition) is 12. The van der Waals surface area contributed by atoms with E-state index in [-0.39, 0.29) is 44.5 Å². The molecule has 0 rings (SSSR count).